The Balaban J connectivity index is 1.92. The van der Waals surface area contributed by atoms with Gasteiger partial charge in [0, 0.05) is 5.56 Å². The van der Waals surface area contributed by atoms with Crippen molar-refractivity contribution in [3.05, 3.63) is 53.1 Å². The summed E-state index contributed by atoms with van der Waals surface area (Å²) in [5.41, 5.74) is 3.05. The van der Waals surface area contributed by atoms with Crippen LogP contribution in [0.3, 0.4) is 0 Å². The van der Waals surface area contributed by atoms with Gasteiger partial charge in [-0.05, 0) is 24.3 Å². The van der Waals surface area contributed by atoms with Gasteiger partial charge < -0.3 is 14.2 Å². The first kappa shape index (κ1) is 17.6. The molecule has 2 aromatic carbocycles. The van der Waals surface area contributed by atoms with Gasteiger partial charge >= 0.3 is 0 Å². The number of hydrazone groups is 1. The molecule has 2 rings (SSSR count). The third kappa shape index (κ3) is 4.63. The maximum atomic E-state index is 11.7. The molecule has 24 heavy (non-hydrogen) atoms. The molecule has 0 aromatic heterocycles. The summed E-state index contributed by atoms with van der Waals surface area (Å²) in [4.78, 5) is 11.7. The van der Waals surface area contributed by atoms with Crippen LogP contribution < -0.4 is 19.6 Å². The van der Waals surface area contributed by atoms with E-state index in [1.54, 1.807) is 49.6 Å². The Bertz CT molecular complexity index is 734. The molecule has 0 spiro atoms. The summed E-state index contributed by atoms with van der Waals surface area (Å²) in [6.07, 6.45) is 1.47. The molecule has 126 valence electrons. The summed E-state index contributed by atoms with van der Waals surface area (Å²) in [7, 11) is 3.08. The zero-order chi connectivity index (χ0) is 17.4. The van der Waals surface area contributed by atoms with Gasteiger partial charge in [0.05, 0.1) is 25.5 Å². The Hall–Kier alpha value is -2.73. The summed E-state index contributed by atoms with van der Waals surface area (Å²) in [5, 5.41) is 4.33. The van der Waals surface area contributed by atoms with Crippen molar-refractivity contribution in [2.45, 2.75) is 0 Å². The van der Waals surface area contributed by atoms with E-state index in [0.717, 1.165) is 0 Å². The molecular formula is C17H17ClN2O4. The summed E-state index contributed by atoms with van der Waals surface area (Å²) >= 11 is 5.94. The third-order valence-corrected chi connectivity index (χ3v) is 3.33. The van der Waals surface area contributed by atoms with Crippen LogP contribution in [0, 0.1) is 0 Å². The zero-order valence-corrected chi connectivity index (χ0v) is 14.0. The number of amides is 1. The SMILES string of the molecule is COc1cccc(/C=N\NC(=O)COc2ccccc2Cl)c1OC. The maximum absolute atomic E-state index is 11.7. The normalized spacial score (nSPS) is 10.5. The Labute approximate surface area is 145 Å². The number of methoxy groups -OCH3 is 2. The smallest absolute Gasteiger partial charge is 0.277 e. The highest BCUT2D eigenvalue weighted by Crippen LogP contribution is 2.29. The van der Waals surface area contributed by atoms with Gasteiger partial charge in [-0.25, -0.2) is 5.43 Å². The second kappa shape index (κ2) is 8.79. The van der Waals surface area contributed by atoms with Crippen LogP contribution >= 0.6 is 11.6 Å². The van der Waals surface area contributed by atoms with Gasteiger partial charge in [-0.15, -0.1) is 0 Å². The minimum atomic E-state index is -0.409. The number of rotatable bonds is 7. The first-order valence-corrected chi connectivity index (χ1v) is 7.43. The molecule has 2 aromatic rings. The van der Waals surface area contributed by atoms with Crippen LogP contribution in [0.4, 0.5) is 0 Å². The van der Waals surface area contributed by atoms with E-state index in [-0.39, 0.29) is 6.61 Å². The average Bonchev–Trinajstić information content (AvgIpc) is 2.60. The molecule has 0 saturated heterocycles. The van der Waals surface area contributed by atoms with Crippen LogP contribution in [0.5, 0.6) is 17.2 Å². The fraction of sp³-hybridized carbons (Fsp3) is 0.176. The Morgan fingerprint density at radius 3 is 2.58 bits per heavy atom. The summed E-state index contributed by atoms with van der Waals surface area (Å²) in [6, 6.07) is 12.3. The van der Waals surface area contributed by atoms with Crippen LogP contribution in [-0.4, -0.2) is 32.9 Å². The molecule has 7 heteroatoms. The Morgan fingerprint density at radius 1 is 1.12 bits per heavy atom. The summed E-state index contributed by atoms with van der Waals surface area (Å²) < 4.78 is 15.8. The molecule has 0 radical (unpaired) electrons. The number of carbonyl (C=O) groups excluding carboxylic acids is 1. The van der Waals surface area contributed by atoms with E-state index < -0.39 is 5.91 Å². The van der Waals surface area contributed by atoms with Gasteiger partial charge in [-0.2, -0.15) is 5.10 Å². The van der Waals surface area contributed by atoms with Gasteiger partial charge in [0.2, 0.25) is 0 Å². The molecular weight excluding hydrogens is 332 g/mol. The van der Waals surface area contributed by atoms with E-state index in [2.05, 4.69) is 10.5 Å². The molecule has 0 saturated carbocycles. The number of benzene rings is 2. The molecule has 0 fully saturated rings. The second-order valence-corrected chi connectivity index (χ2v) is 5.00. The van der Waals surface area contributed by atoms with Crippen LogP contribution in [0.2, 0.25) is 5.02 Å². The van der Waals surface area contributed by atoms with E-state index in [1.807, 2.05) is 0 Å². The summed E-state index contributed by atoms with van der Waals surface area (Å²) in [5.74, 6) is 1.14. The molecule has 6 nitrogen and oxygen atoms in total. The molecule has 0 heterocycles. The van der Waals surface area contributed by atoms with E-state index in [0.29, 0.717) is 27.8 Å². The fourth-order valence-electron chi connectivity index (χ4n) is 1.92. The molecule has 0 bridgehead atoms. The van der Waals surface area contributed by atoms with Gasteiger partial charge in [-0.3, -0.25) is 4.79 Å². The van der Waals surface area contributed by atoms with Crippen molar-refractivity contribution < 1.29 is 19.0 Å². The largest absolute Gasteiger partial charge is 0.493 e. The minimum absolute atomic E-state index is 0.198. The van der Waals surface area contributed by atoms with E-state index >= 15 is 0 Å². The Morgan fingerprint density at radius 2 is 1.88 bits per heavy atom. The third-order valence-electron chi connectivity index (χ3n) is 3.02. The number of hydrogen-bond donors (Lipinski definition) is 1. The number of nitrogens with zero attached hydrogens (tertiary/aromatic N) is 1. The molecule has 0 unspecified atom stereocenters. The average molecular weight is 349 g/mol. The quantitative estimate of drug-likeness (QED) is 0.617. The number of nitrogens with one attached hydrogen (secondary N) is 1. The minimum Gasteiger partial charge on any atom is -0.493 e. The predicted molar refractivity (Wildman–Crippen MR) is 92.2 cm³/mol. The van der Waals surface area contributed by atoms with Crippen molar-refractivity contribution in [2.24, 2.45) is 5.10 Å². The van der Waals surface area contributed by atoms with E-state index in [1.165, 1.54) is 13.3 Å². The monoisotopic (exact) mass is 348 g/mol. The lowest BCUT2D eigenvalue weighted by Gasteiger charge is -2.09. The van der Waals surface area contributed by atoms with Gasteiger partial charge in [0.15, 0.2) is 18.1 Å². The molecule has 0 aliphatic heterocycles. The number of halogens is 1. The highest BCUT2D eigenvalue weighted by molar-refractivity contribution is 6.32. The van der Waals surface area contributed by atoms with E-state index in [9.17, 15) is 4.79 Å². The molecule has 0 aliphatic rings. The zero-order valence-electron chi connectivity index (χ0n) is 13.3. The van der Waals surface area contributed by atoms with Crippen LogP contribution in [0.15, 0.2) is 47.6 Å². The number of carbonyl (C=O) groups is 1. The van der Waals surface area contributed by atoms with Crippen molar-refractivity contribution in [1.29, 1.82) is 0 Å². The van der Waals surface area contributed by atoms with Crippen molar-refractivity contribution in [1.82, 2.24) is 5.43 Å². The lowest BCUT2D eigenvalue weighted by molar-refractivity contribution is -0.123. The second-order valence-electron chi connectivity index (χ2n) is 4.60. The molecule has 0 atom stereocenters. The maximum Gasteiger partial charge on any atom is 0.277 e. The van der Waals surface area contributed by atoms with Gasteiger partial charge in [0.25, 0.3) is 5.91 Å². The van der Waals surface area contributed by atoms with Crippen molar-refractivity contribution >= 4 is 23.7 Å². The van der Waals surface area contributed by atoms with Crippen LogP contribution in [0.25, 0.3) is 0 Å². The predicted octanol–water partition coefficient (Wildman–Crippen LogP) is 2.89. The summed E-state index contributed by atoms with van der Waals surface area (Å²) in [6.45, 7) is -0.198. The highest BCUT2D eigenvalue weighted by Gasteiger charge is 2.08. The number of hydrogen-bond acceptors (Lipinski definition) is 5. The standard InChI is InChI=1S/C17H17ClN2O4/c1-22-15-9-5-6-12(17(15)23-2)10-19-20-16(21)11-24-14-8-4-3-7-13(14)18/h3-10H,11H2,1-2H3,(H,20,21)/b19-10-. The van der Waals surface area contributed by atoms with Crippen LogP contribution in [0.1, 0.15) is 5.56 Å². The lowest BCUT2D eigenvalue weighted by Crippen LogP contribution is -2.24. The number of para-hydroxylation sites is 2. The van der Waals surface area contributed by atoms with E-state index in [4.69, 9.17) is 25.8 Å². The van der Waals surface area contributed by atoms with Crippen molar-refractivity contribution in [2.75, 3.05) is 20.8 Å². The van der Waals surface area contributed by atoms with Gasteiger partial charge in [0.1, 0.15) is 5.75 Å². The lowest BCUT2D eigenvalue weighted by atomic mass is 10.2. The molecule has 1 N–H and O–H groups in total. The number of ether oxygens (including phenoxy) is 3. The molecule has 0 aliphatic carbocycles. The first-order valence-electron chi connectivity index (χ1n) is 7.06. The first-order chi connectivity index (χ1) is 11.7. The highest BCUT2D eigenvalue weighted by atomic mass is 35.5. The fourth-order valence-corrected chi connectivity index (χ4v) is 2.12. The van der Waals surface area contributed by atoms with Crippen LogP contribution in [-0.2, 0) is 4.79 Å². The topological polar surface area (TPSA) is 69.2 Å². The molecule has 1 amide bonds. The van der Waals surface area contributed by atoms with Gasteiger partial charge in [-0.1, -0.05) is 29.8 Å². The van der Waals surface area contributed by atoms with Crippen molar-refractivity contribution in [3.8, 4) is 17.2 Å². The van der Waals surface area contributed by atoms with Crippen molar-refractivity contribution in [3.63, 3.8) is 0 Å². The Kier molecular flexibility index (Phi) is 6.45.